The second-order valence-corrected chi connectivity index (χ2v) is 5.06. The Labute approximate surface area is 127 Å². The van der Waals surface area contributed by atoms with Gasteiger partial charge in [-0.3, -0.25) is 0 Å². The van der Waals surface area contributed by atoms with E-state index in [1.807, 2.05) is 6.92 Å². The Morgan fingerprint density at radius 1 is 1.38 bits per heavy atom. The SMILES string of the molecule is CCCCOCC(O)CNc1cc(C(F)(F)F)ccc1Cl. The topological polar surface area (TPSA) is 41.5 Å². The van der Waals surface area contributed by atoms with Crippen molar-refractivity contribution in [2.75, 3.05) is 25.1 Å². The van der Waals surface area contributed by atoms with E-state index in [4.69, 9.17) is 16.3 Å². The Morgan fingerprint density at radius 3 is 2.71 bits per heavy atom. The van der Waals surface area contributed by atoms with Crippen LogP contribution in [0.25, 0.3) is 0 Å². The van der Waals surface area contributed by atoms with E-state index in [2.05, 4.69) is 5.32 Å². The van der Waals surface area contributed by atoms with E-state index < -0.39 is 17.8 Å². The van der Waals surface area contributed by atoms with Crippen molar-refractivity contribution in [1.82, 2.24) is 0 Å². The predicted molar refractivity (Wildman–Crippen MR) is 76.7 cm³/mol. The van der Waals surface area contributed by atoms with Crippen LogP contribution in [0.1, 0.15) is 25.3 Å². The van der Waals surface area contributed by atoms with Gasteiger partial charge in [0.2, 0.25) is 0 Å². The first-order valence-corrected chi connectivity index (χ1v) is 7.08. The third-order valence-electron chi connectivity index (χ3n) is 2.77. The summed E-state index contributed by atoms with van der Waals surface area (Å²) in [6, 6.07) is 3.02. The number of ether oxygens (including phenoxy) is 1. The van der Waals surface area contributed by atoms with Gasteiger partial charge < -0.3 is 15.2 Å². The quantitative estimate of drug-likeness (QED) is 0.711. The summed E-state index contributed by atoms with van der Waals surface area (Å²) in [6.45, 7) is 2.77. The van der Waals surface area contributed by atoms with Crippen molar-refractivity contribution in [3.63, 3.8) is 0 Å². The van der Waals surface area contributed by atoms with Gasteiger partial charge in [-0.15, -0.1) is 0 Å². The zero-order valence-electron chi connectivity index (χ0n) is 11.7. The Morgan fingerprint density at radius 2 is 2.10 bits per heavy atom. The van der Waals surface area contributed by atoms with Crippen LogP contribution in [0.5, 0.6) is 0 Å². The lowest BCUT2D eigenvalue weighted by Gasteiger charge is -2.15. The number of benzene rings is 1. The van der Waals surface area contributed by atoms with Crippen molar-refractivity contribution in [2.45, 2.75) is 32.0 Å². The number of alkyl halides is 3. The van der Waals surface area contributed by atoms with Crippen LogP contribution in [0.3, 0.4) is 0 Å². The molecule has 0 aliphatic heterocycles. The van der Waals surface area contributed by atoms with E-state index in [-0.39, 0.29) is 23.9 Å². The zero-order valence-corrected chi connectivity index (χ0v) is 12.5. The molecule has 0 aliphatic rings. The summed E-state index contributed by atoms with van der Waals surface area (Å²) in [4.78, 5) is 0. The molecule has 0 saturated heterocycles. The van der Waals surface area contributed by atoms with E-state index in [1.54, 1.807) is 0 Å². The number of unbranched alkanes of at least 4 members (excludes halogenated alkanes) is 1. The fraction of sp³-hybridized carbons (Fsp3) is 0.571. The number of rotatable bonds is 8. The number of aliphatic hydroxyl groups is 1. The molecule has 21 heavy (non-hydrogen) atoms. The summed E-state index contributed by atoms with van der Waals surface area (Å²) in [6.07, 6.45) is -3.34. The molecule has 0 saturated carbocycles. The van der Waals surface area contributed by atoms with Gasteiger partial charge in [0.15, 0.2) is 0 Å². The molecule has 2 N–H and O–H groups in total. The van der Waals surface area contributed by atoms with Gasteiger partial charge in [-0.1, -0.05) is 24.9 Å². The number of aliphatic hydroxyl groups excluding tert-OH is 1. The molecule has 0 bridgehead atoms. The van der Waals surface area contributed by atoms with Crippen LogP contribution in [0.2, 0.25) is 5.02 Å². The van der Waals surface area contributed by atoms with Crippen LogP contribution < -0.4 is 5.32 Å². The molecule has 7 heteroatoms. The van der Waals surface area contributed by atoms with Crippen molar-refractivity contribution in [2.24, 2.45) is 0 Å². The van der Waals surface area contributed by atoms with Gasteiger partial charge >= 0.3 is 6.18 Å². The molecule has 120 valence electrons. The van der Waals surface area contributed by atoms with E-state index >= 15 is 0 Å². The maximum absolute atomic E-state index is 12.6. The normalized spacial score (nSPS) is 13.2. The smallest absolute Gasteiger partial charge is 0.389 e. The van der Waals surface area contributed by atoms with Crippen molar-refractivity contribution in [3.8, 4) is 0 Å². The van der Waals surface area contributed by atoms with Crippen LogP contribution in [-0.2, 0) is 10.9 Å². The van der Waals surface area contributed by atoms with Crippen LogP contribution in [-0.4, -0.2) is 31.0 Å². The standard InChI is InChI=1S/C14H19ClF3NO2/c1-2-3-6-21-9-11(20)8-19-13-7-10(14(16,17)18)4-5-12(13)15/h4-5,7,11,19-20H,2-3,6,8-9H2,1H3. The highest BCUT2D eigenvalue weighted by Gasteiger charge is 2.30. The predicted octanol–water partition coefficient (Wildman–Crippen LogP) is 3.95. The van der Waals surface area contributed by atoms with Crippen LogP contribution >= 0.6 is 11.6 Å². The summed E-state index contributed by atoms with van der Waals surface area (Å²) >= 11 is 5.83. The average Bonchev–Trinajstić information content (AvgIpc) is 2.41. The lowest BCUT2D eigenvalue weighted by Crippen LogP contribution is -2.25. The average molecular weight is 326 g/mol. The Bertz CT molecular complexity index is 441. The highest BCUT2D eigenvalue weighted by Crippen LogP contribution is 2.33. The minimum Gasteiger partial charge on any atom is -0.389 e. The number of halogens is 4. The van der Waals surface area contributed by atoms with Crippen LogP contribution in [0.15, 0.2) is 18.2 Å². The summed E-state index contributed by atoms with van der Waals surface area (Å²) in [7, 11) is 0. The molecule has 0 heterocycles. The number of nitrogens with one attached hydrogen (secondary N) is 1. The molecule has 1 aromatic rings. The third-order valence-corrected chi connectivity index (χ3v) is 3.10. The van der Waals surface area contributed by atoms with E-state index in [0.29, 0.717) is 6.61 Å². The highest BCUT2D eigenvalue weighted by molar-refractivity contribution is 6.33. The van der Waals surface area contributed by atoms with Gasteiger partial charge in [-0.25, -0.2) is 0 Å². The molecule has 0 aliphatic carbocycles. The minimum absolute atomic E-state index is 0.0627. The number of anilines is 1. The highest BCUT2D eigenvalue weighted by atomic mass is 35.5. The van der Waals surface area contributed by atoms with Crippen molar-refractivity contribution < 1.29 is 23.0 Å². The molecule has 0 aromatic heterocycles. The molecule has 3 nitrogen and oxygen atoms in total. The molecule has 0 fully saturated rings. The molecule has 1 rings (SSSR count). The molecule has 0 spiro atoms. The summed E-state index contributed by atoms with van der Waals surface area (Å²) in [5.74, 6) is 0. The first-order valence-electron chi connectivity index (χ1n) is 6.71. The summed E-state index contributed by atoms with van der Waals surface area (Å²) in [5.41, 5.74) is -0.651. The van der Waals surface area contributed by atoms with Gasteiger partial charge in [0, 0.05) is 13.2 Å². The molecule has 0 amide bonds. The maximum atomic E-state index is 12.6. The number of hydrogen-bond acceptors (Lipinski definition) is 3. The summed E-state index contributed by atoms with van der Waals surface area (Å²) in [5, 5.41) is 12.5. The van der Waals surface area contributed by atoms with Gasteiger partial charge in [0.1, 0.15) is 0 Å². The van der Waals surface area contributed by atoms with Crippen LogP contribution in [0.4, 0.5) is 18.9 Å². The first-order chi connectivity index (χ1) is 9.84. The fourth-order valence-electron chi connectivity index (χ4n) is 1.59. The fourth-order valence-corrected chi connectivity index (χ4v) is 1.77. The van der Waals surface area contributed by atoms with Gasteiger partial charge in [-0.05, 0) is 24.6 Å². The third kappa shape index (κ3) is 6.54. The monoisotopic (exact) mass is 325 g/mol. The Hall–Kier alpha value is -0.980. The molecular formula is C14H19ClF3NO2. The van der Waals surface area contributed by atoms with E-state index in [0.717, 1.165) is 25.0 Å². The molecule has 1 unspecified atom stereocenters. The lowest BCUT2D eigenvalue weighted by atomic mass is 10.2. The Balaban J connectivity index is 2.51. The molecule has 1 atom stereocenters. The van der Waals surface area contributed by atoms with Crippen molar-refractivity contribution >= 4 is 17.3 Å². The zero-order chi connectivity index (χ0) is 15.9. The minimum atomic E-state index is -4.43. The maximum Gasteiger partial charge on any atom is 0.416 e. The van der Waals surface area contributed by atoms with E-state index in [1.165, 1.54) is 6.07 Å². The molecular weight excluding hydrogens is 307 g/mol. The van der Waals surface area contributed by atoms with E-state index in [9.17, 15) is 18.3 Å². The largest absolute Gasteiger partial charge is 0.416 e. The summed E-state index contributed by atoms with van der Waals surface area (Å²) < 4.78 is 43.0. The number of hydrogen-bond donors (Lipinski definition) is 2. The first kappa shape index (κ1) is 18.1. The Kier molecular flexibility index (Phi) is 7.28. The molecule has 0 radical (unpaired) electrons. The van der Waals surface area contributed by atoms with Gasteiger partial charge in [-0.2, -0.15) is 13.2 Å². The lowest BCUT2D eigenvalue weighted by molar-refractivity contribution is -0.137. The second kappa shape index (κ2) is 8.46. The molecule has 1 aromatic carbocycles. The van der Waals surface area contributed by atoms with Crippen molar-refractivity contribution in [3.05, 3.63) is 28.8 Å². The van der Waals surface area contributed by atoms with Crippen LogP contribution in [0, 0.1) is 0 Å². The second-order valence-electron chi connectivity index (χ2n) is 4.66. The van der Waals surface area contributed by atoms with Gasteiger partial charge in [0.05, 0.1) is 29.0 Å². The van der Waals surface area contributed by atoms with Crippen molar-refractivity contribution in [1.29, 1.82) is 0 Å². The van der Waals surface area contributed by atoms with Gasteiger partial charge in [0.25, 0.3) is 0 Å².